The molecule has 3 nitrogen and oxygen atoms in total. The van der Waals surface area contributed by atoms with E-state index >= 15 is 0 Å². The van der Waals surface area contributed by atoms with Crippen LogP contribution in [0.5, 0.6) is 0 Å². The highest BCUT2D eigenvalue weighted by Gasteiger charge is 2.25. The number of amides is 1. The van der Waals surface area contributed by atoms with E-state index in [0.29, 0.717) is 6.04 Å². The zero-order chi connectivity index (χ0) is 18.4. The third-order valence-corrected chi connectivity index (χ3v) is 7.03. The van der Waals surface area contributed by atoms with Crippen molar-refractivity contribution >= 4 is 29.3 Å². The molecule has 144 valence electrons. The summed E-state index contributed by atoms with van der Waals surface area (Å²) in [6, 6.07) is 8.02. The van der Waals surface area contributed by atoms with Gasteiger partial charge in [-0.3, -0.25) is 4.79 Å². The first kappa shape index (κ1) is 20.0. The molecule has 2 fully saturated rings. The second-order valence-electron chi connectivity index (χ2n) is 7.80. The number of carbonyl (C=O) groups is 1. The number of piperidine rings is 1. The van der Waals surface area contributed by atoms with Crippen molar-refractivity contribution in [2.75, 3.05) is 19.6 Å². The number of hydrogen-bond acceptors (Lipinski definition) is 3. The van der Waals surface area contributed by atoms with Gasteiger partial charge in [0.2, 0.25) is 5.91 Å². The molecule has 1 atom stereocenters. The van der Waals surface area contributed by atoms with Crippen LogP contribution < -0.4 is 5.32 Å². The van der Waals surface area contributed by atoms with Crippen molar-refractivity contribution in [2.24, 2.45) is 5.92 Å². The van der Waals surface area contributed by atoms with Gasteiger partial charge in [-0.2, -0.15) is 0 Å². The first-order chi connectivity index (χ1) is 12.6. The van der Waals surface area contributed by atoms with Gasteiger partial charge in [0.25, 0.3) is 0 Å². The molecule has 1 heterocycles. The van der Waals surface area contributed by atoms with Crippen LogP contribution in [0.3, 0.4) is 0 Å². The Morgan fingerprint density at radius 1 is 1.15 bits per heavy atom. The third-order valence-electron chi connectivity index (χ3n) is 5.67. The smallest absolute Gasteiger partial charge is 0.233 e. The van der Waals surface area contributed by atoms with Crippen molar-refractivity contribution in [3.05, 3.63) is 29.3 Å². The summed E-state index contributed by atoms with van der Waals surface area (Å²) in [5.41, 5.74) is 0. The molecule has 3 rings (SSSR count). The zero-order valence-electron chi connectivity index (χ0n) is 15.8. The van der Waals surface area contributed by atoms with Gasteiger partial charge >= 0.3 is 0 Å². The van der Waals surface area contributed by atoms with Crippen molar-refractivity contribution in [1.29, 1.82) is 0 Å². The fraction of sp³-hybridized carbons (Fsp3) is 0.667. The number of halogens is 1. The van der Waals surface area contributed by atoms with Crippen LogP contribution in [0, 0.1) is 5.92 Å². The summed E-state index contributed by atoms with van der Waals surface area (Å²) in [6.45, 7) is 5.50. The van der Waals surface area contributed by atoms with E-state index in [2.05, 4.69) is 10.2 Å². The molecular weight excluding hydrogens is 364 g/mol. The number of likely N-dealkylation sites (tertiary alicyclic amines) is 1. The van der Waals surface area contributed by atoms with Crippen LogP contribution in [-0.2, 0) is 4.79 Å². The molecule has 1 N–H and O–H groups in total. The minimum Gasteiger partial charge on any atom is -0.352 e. The van der Waals surface area contributed by atoms with E-state index in [9.17, 15) is 4.79 Å². The predicted molar refractivity (Wildman–Crippen MR) is 111 cm³/mol. The average Bonchev–Trinajstić information content (AvgIpc) is 2.66. The minimum absolute atomic E-state index is 0.0866. The van der Waals surface area contributed by atoms with E-state index in [0.717, 1.165) is 41.8 Å². The summed E-state index contributed by atoms with van der Waals surface area (Å²) in [4.78, 5) is 16.2. The molecular formula is C21H31ClN2OS. The Hall–Kier alpha value is -0.710. The Morgan fingerprint density at radius 3 is 2.46 bits per heavy atom. The lowest BCUT2D eigenvalue weighted by molar-refractivity contribution is -0.121. The molecule has 2 aliphatic rings. The first-order valence-electron chi connectivity index (χ1n) is 10.0. The van der Waals surface area contributed by atoms with Crippen molar-refractivity contribution in [2.45, 2.75) is 68.1 Å². The number of nitrogens with one attached hydrogen (secondary N) is 1. The number of thioether (sulfide) groups is 1. The molecule has 1 aliphatic carbocycles. The standard InChI is InChI=1S/C21H31ClN2OS/c1-16(26-20-9-7-18(22)8-10-20)21(25)23-19-11-13-24(14-12-19)15-17-5-3-2-4-6-17/h7-10,16-17,19H,2-6,11-15H2,1H3,(H,23,25). The number of carbonyl (C=O) groups excluding carboxylic acids is 1. The lowest BCUT2D eigenvalue weighted by atomic mass is 9.88. The second-order valence-corrected chi connectivity index (χ2v) is 9.65. The van der Waals surface area contributed by atoms with Crippen molar-refractivity contribution in [1.82, 2.24) is 10.2 Å². The monoisotopic (exact) mass is 394 g/mol. The minimum atomic E-state index is -0.0866. The fourth-order valence-corrected chi connectivity index (χ4v) is 5.09. The van der Waals surface area contributed by atoms with Gasteiger partial charge < -0.3 is 10.2 Å². The molecule has 1 saturated carbocycles. The summed E-state index contributed by atoms with van der Waals surface area (Å²) in [7, 11) is 0. The molecule has 26 heavy (non-hydrogen) atoms. The van der Waals surface area contributed by atoms with Crippen molar-refractivity contribution < 1.29 is 4.79 Å². The van der Waals surface area contributed by atoms with Crippen LogP contribution in [-0.4, -0.2) is 41.7 Å². The van der Waals surface area contributed by atoms with Crippen molar-refractivity contribution in [3.63, 3.8) is 0 Å². The molecule has 1 unspecified atom stereocenters. The molecule has 5 heteroatoms. The Kier molecular flexibility index (Phi) is 7.71. The molecule has 1 aromatic carbocycles. The molecule has 0 radical (unpaired) electrons. The summed E-state index contributed by atoms with van der Waals surface area (Å²) >= 11 is 7.51. The second kappa shape index (κ2) is 10.0. The maximum Gasteiger partial charge on any atom is 0.233 e. The van der Waals surface area contributed by atoms with E-state index in [-0.39, 0.29) is 11.2 Å². The Morgan fingerprint density at radius 2 is 1.81 bits per heavy atom. The number of nitrogens with zero attached hydrogens (tertiary/aromatic N) is 1. The van der Waals surface area contributed by atoms with Gasteiger partial charge in [-0.05, 0) is 62.8 Å². The maximum atomic E-state index is 12.5. The first-order valence-corrected chi connectivity index (χ1v) is 11.3. The van der Waals surface area contributed by atoms with Crippen LogP contribution in [0.1, 0.15) is 51.9 Å². The maximum absolute atomic E-state index is 12.5. The number of benzene rings is 1. The van der Waals surface area contributed by atoms with E-state index in [1.165, 1.54) is 38.6 Å². The molecule has 1 aromatic rings. The quantitative estimate of drug-likeness (QED) is 0.690. The van der Waals surface area contributed by atoms with Gasteiger partial charge in [-0.1, -0.05) is 30.9 Å². The van der Waals surface area contributed by atoms with E-state index in [4.69, 9.17) is 11.6 Å². The fourth-order valence-electron chi connectivity index (χ4n) is 4.08. The van der Waals surface area contributed by atoms with Crippen molar-refractivity contribution in [3.8, 4) is 0 Å². The lowest BCUT2D eigenvalue weighted by Gasteiger charge is -2.35. The highest BCUT2D eigenvalue weighted by atomic mass is 35.5. The SMILES string of the molecule is CC(Sc1ccc(Cl)cc1)C(=O)NC1CCN(CC2CCCCC2)CC1. The van der Waals surface area contributed by atoms with Crippen LogP contribution in [0.2, 0.25) is 5.02 Å². The van der Waals surface area contributed by atoms with Crippen LogP contribution in [0.4, 0.5) is 0 Å². The van der Waals surface area contributed by atoms with E-state index < -0.39 is 0 Å². The Labute approximate surface area is 167 Å². The molecule has 1 saturated heterocycles. The topological polar surface area (TPSA) is 32.3 Å². The lowest BCUT2D eigenvalue weighted by Crippen LogP contribution is -2.47. The zero-order valence-corrected chi connectivity index (χ0v) is 17.3. The molecule has 1 amide bonds. The Balaban J connectivity index is 1.37. The van der Waals surface area contributed by atoms with Gasteiger partial charge in [-0.25, -0.2) is 0 Å². The summed E-state index contributed by atoms with van der Waals surface area (Å²) in [5.74, 6) is 1.06. The average molecular weight is 395 g/mol. The van der Waals surface area contributed by atoms with Crippen LogP contribution in [0.15, 0.2) is 29.2 Å². The molecule has 0 spiro atoms. The van der Waals surface area contributed by atoms with Gasteiger partial charge in [0, 0.05) is 35.6 Å². The number of hydrogen-bond donors (Lipinski definition) is 1. The predicted octanol–water partition coefficient (Wildman–Crippen LogP) is 4.98. The largest absolute Gasteiger partial charge is 0.352 e. The molecule has 0 bridgehead atoms. The third kappa shape index (κ3) is 6.17. The molecule has 1 aliphatic heterocycles. The van der Waals surface area contributed by atoms with Gasteiger partial charge in [0.1, 0.15) is 0 Å². The van der Waals surface area contributed by atoms with Gasteiger partial charge in [0.05, 0.1) is 5.25 Å². The highest BCUT2D eigenvalue weighted by Crippen LogP contribution is 2.27. The van der Waals surface area contributed by atoms with E-state index in [1.54, 1.807) is 11.8 Å². The van der Waals surface area contributed by atoms with Gasteiger partial charge in [0.15, 0.2) is 0 Å². The highest BCUT2D eigenvalue weighted by molar-refractivity contribution is 8.00. The summed E-state index contributed by atoms with van der Waals surface area (Å²) < 4.78 is 0. The van der Waals surface area contributed by atoms with Crippen LogP contribution in [0.25, 0.3) is 0 Å². The van der Waals surface area contributed by atoms with Gasteiger partial charge in [-0.15, -0.1) is 11.8 Å². The van der Waals surface area contributed by atoms with Crippen LogP contribution >= 0.6 is 23.4 Å². The van der Waals surface area contributed by atoms with E-state index in [1.807, 2.05) is 31.2 Å². The number of rotatable bonds is 6. The normalized spacial score (nSPS) is 21.5. The Bertz CT molecular complexity index is 566. The summed E-state index contributed by atoms with van der Waals surface area (Å²) in [5, 5.41) is 3.90. The summed E-state index contributed by atoms with van der Waals surface area (Å²) in [6.07, 6.45) is 9.25. The molecule has 0 aromatic heterocycles.